The smallest absolute Gasteiger partial charge is 0.164 e. The second-order valence-electron chi connectivity index (χ2n) is 15.6. The highest BCUT2D eigenvalue weighted by atomic mass is 16.3. The van der Waals surface area contributed by atoms with E-state index in [-0.39, 0.29) is 0 Å². The average molecular weight is 809 g/mol. The number of hydrogen-bond acceptors (Lipinski definition) is 6. The van der Waals surface area contributed by atoms with Crippen LogP contribution in [0.3, 0.4) is 0 Å². The van der Waals surface area contributed by atoms with Gasteiger partial charge in [-0.1, -0.05) is 152 Å². The van der Waals surface area contributed by atoms with E-state index < -0.39 is 0 Å². The summed E-state index contributed by atoms with van der Waals surface area (Å²) in [4.78, 5) is 17.6. The number of para-hydroxylation sites is 3. The topological polar surface area (TPSA) is 68.2 Å². The van der Waals surface area contributed by atoms with Gasteiger partial charge in [0, 0.05) is 60.9 Å². The second-order valence-corrected chi connectivity index (χ2v) is 15.6. The van der Waals surface area contributed by atoms with Crippen molar-refractivity contribution in [1.29, 1.82) is 0 Å². The van der Waals surface area contributed by atoms with Crippen LogP contribution in [0.5, 0.6) is 0 Å². The van der Waals surface area contributed by atoms with Crippen molar-refractivity contribution >= 4 is 60.9 Å². The van der Waals surface area contributed by atoms with Gasteiger partial charge < -0.3 is 13.7 Å². The van der Waals surface area contributed by atoms with Crippen molar-refractivity contribution < 1.29 is 8.83 Å². The minimum atomic E-state index is 0.582. The molecule has 0 spiro atoms. The maximum atomic E-state index is 6.42. The molecule has 0 aliphatic rings. The molecule has 0 saturated heterocycles. The lowest BCUT2D eigenvalue weighted by Gasteiger charge is -2.26. The first kappa shape index (κ1) is 36.3. The van der Waals surface area contributed by atoms with E-state index in [1.807, 2.05) is 78.9 Å². The van der Waals surface area contributed by atoms with E-state index >= 15 is 0 Å². The van der Waals surface area contributed by atoms with Crippen LogP contribution in [0.15, 0.2) is 227 Å². The molecule has 6 nitrogen and oxygen atoms in total. The zero-order valence-corrected chi connectivity index (χ0v) is 33.9. The molecule has 0 radical (unpaired) electrons. The van der Waals surface area contributed by atoms with E-state index in [2.05, 4.69) is 144 Å². The zero-order valence-electron chi connectivity index (χ0n) is 33.9. The maximum absolute atomic E-state index is 6.42. The first-order valence-electron chi connectivity index (χ1n) is 21.0. The molecule has 0 fully saturated rings. The molecule has 9 aromatic carbocycles. The Morgan fingerprint density at radius 1 is 0.286 bits per heavy atom. The van der Waals surface area contributed by atoms with Gasteiger partial charge in [0.15, 0.2) is 17.5 Å². The number of hydrogen-bond donors (Lipinski definition) is 0. The van der Waals surface area contributed by atoms with E-state index in [1.165, 1.54) is 5.56 Å². The predicted octanol–water partition coefficient (Wildman–Crippen LogP) is 15.5. The largest absolute Gasteiger partial charge is 0.456 e. The van der Waals surface area contributed by atoms with Gasteiger partial charge in [0.2, 0.25) is 0 Å². The van der Waals surface area contributed by atoms with Crippen molar-refractivity contribution in [2.45, 2.75) is 0 Å². The van der Waals surface area contributed by atoms with Gasteiger partial charge in [0.1, 0.15) is 22.3 Å². The van der Waals surface area contributed by atoms with E-state index in [0.717, 1.165) is 94.3 Å². The third kappa shape index (κ3) is 6.49. The van der Waals surface area contributed by atoms with Crippen LogP contribution < -0.4 is 4.90 Å². The first-order chi connectivity index (χ1) is 31.2. The lowest BCUT2D eigenvalue weighted by atomic mass is 10.0. The van der Waals surface area contributed by atoms with Gasteiger partial charge in [-0.25, -0.2) is 15.0 Å². The zero-order chi connectivity index (χ0) is 41.7. The summed E-state index contributed by atoms with van der Waals surface area (Å²) in [5.41, 5.74) is 13.6. The fraction of sp³-hybridized carbons (Fsp3) is 0. The Morgan fingerprint density at radius 3 is 1.40 bits per heavy atom. The minimum Gasteiger partial charge on any atom is -0.456 e. The fourth-order valence-corrected chi connectivity index (χ4v) is 8.71. The van der Waals surface area contributed by atoms with E-state index in [4.69, 9.17) is 23.8 Å². The summed E-state index contributed by atoms with van der Waals surface area (Å²) in [6, 6.07) is 75.2. The second kappa shape index (κ2) is 15.1. The lowest BCUT2D eigenvalue weighted by molar-refractivity contribution is 0.669. The Labute approximate surface area is 363 Å². The molecular formula is C57H36N4O2. The van der Waals surface area contributed by atoms with E-state index in [1.54, 1.807) is 0 Å². The standard InChI is InChI=1S/C57H36N4O2/c1-3-13-37(14-4-1)38-25-31-42(32-26-38)61(43-33-27-39(28-34-43)45-19-11-20-47-46-17-7-9-22-50(46)63-54(45)47)44-35-29-41(30-36-44)56-58-55(40-15-5-2-6-16-40)59-57(60-56)49-21-12-24-52-53(49)48-18-8-10-23-51(48)62-52/h1-36H. The molecular weight excluding hydrogens is 773 g/mol. The highest BCUT2D eigenvalue weighted by Crippen LogP contribution is 2.41. The summed E-state index contributed by atoms with van der Waals surface area (Å²) < 4.78 is 12.7. The van der Waals surface area contributed by atoms with Crippen LogP contribution in [0.4, 0.5) is 17.1 Å². The molecule has 0 aliphatic carbocycles. The third-order valence-electron chi connectivity index (χ3n) is 11.8. The monoisotopic (exact) mass is 808 g/mol. The molecule has 0 saturated carbocycles. The Balaban J connectivity index is 0.957. The summed E-state index contributed by atoms with van der Waals surface area (Å²) in [5.74, 6) is 1.76. The molecule has 6 heteroatoms. The van der Waals surface area contributed by atoms with Crippen LogP contribution in [-0.2, 0) is 0 Å². The Hall–Kier alpha value is -8.61. The minimum absolute atomic E-state index is 0.582. The average Bonchev–Trinajstić information content (AvgIpc) is 3.94. The number of aromatic nitrogens is 3. The van der Waals surface area contributed by atoms with Gasteiger partial charge in [0.25, 0.3) is 0 Å². The van der Waals surface area contributed by atoms with Crippen molar-refractivity contribution in [3.05, 3.63) is 218 Å². The molecule has 296 valence electrons. The SMILES string of the molecule is c1ccc(-c2ccc(N(c3ccc(-c4nc(-c5ccccc5)nc(-c5cccc6oc7ccccc7c56)n4)cc3)c3ccc(-c4cccc5c4oc4ccccc45)cc3)cc2)cc1. The van der Waals surface area contributed by atoms with Crippen molar-refractivity contribution in [3.8, 4) is 56.4 Å². The van der Waals surface area contributed by atoms with Gasteiger partial charge in [-0.05, 0) is 83.4 Å². The molecule has 0 unspecified atom stereocenters. The summed E-state index contributed by atoms with van der Waals surface area (Å²) in [7, 11) is 0. The van der Waals surface area contributed by atoms with Crippen LogP contribution in [0.2, 0.25) is 0 Å². The van der Waals surface area contributed by atoms with Crippen molar-refractivity contribution in [1.82, 2.24) is 15.0 Å². The van der Waals surface area contributed by atoms with Gasteiger partial charge in [0.05, 0.1) is 0 Å². The number of anilines is 3. The molecule has 0 aliphatic heterocycles. The third-order valence-corrected chi connectivity index (χ3v) is 11.8. The van der Waals surface area contributed by atoms with Crippen LogP contribution in [0, 0.1) is 0 Å². The van der Waals surface area contributed by atoms with Crippen LogP contribution in [0.1, 0.15) is 0 Å². The van der Waals surface area contributed by atoms with Crippen molar-refractivity contribution in [2.24, 2.45) is 0 Å². The number of rotatable bonds is 8. The molecule has 63 heavy (non-hydrogen) atoms. The Kier molecular flexibility index (Phi) is 8.71. The molecule has 3 aromatic heterocycles. The van der Waals surface area contributed by atoms with Crippen LogP contribution >= 0.6 is 0 Å². The molecule has 0 amide bonds. The van der Waals surface area contributed by atoms with Gasteiger partial charge in [-0.15, -0.1) is 0 Å². The Morgan fingerprint density at radius 2 is 0.730 bits per heavy atom. The molecule has 0 N–H and O–H groups in total. The summed E-state index contributed by atoms with van der Waals surface area (Å²) >= 11 is 0. The molecule has 3 heterocycles. The molecule has 0 bridgehead atoms. The molecule has 12 rings (SSSR count). The number of nitrogens with zero attached hydrogens (tertiary/aromatic N) is 4. The lowest BCUT2D eigenvalue weighted by Crippen LogP contribution is -2.10. The summed E-state index contributed by atoms with van der Waals surface area (Å²) in [5, 5.41) is 4.23. The van der Waals surface area contributed by atoms with Crippen molar-refractivity contribution in [2.75, 3.05) is 4.90 Å². The predicted molar refractivity (Wildman–Crippen MR) is 256 cm³/mol. The van der Waals surface area contributed by atoms with Gasteiger partial charge in [-0.3, -0.25) is 0 Å². The quantitative estimate of drug-likeness (QED) is 0.152. The van der Waals surface area contributed by atoms with Crippen molar-refractivity contribution in [3.63, 3.8) is 0 Å². The Bertz CT molecular complexity index is 3600. The maximum Gasteiger partial charge on any atom is 0.164 e. The highest BCUT2D eigenvalue weighted by molar-refractivity contribution is 6.12. The van der Waals surface area contributed by atoms with Gasteiger partial charge in [-0.2, -0.15) is 0 Å². The summed E-state index contributed by atoms with van der Waals surface area (Å²) in [6.07, 6.45) is 0. The summed E-state index contributed by atoms with van der Waals surface area (Å²) in [6.45, 7) is 0. The van der Waals surface area contributed by atoms with Crippen LogP contribution in [0.25, 0.3) is 100 Å². The van der Waals surface area contributed by atoms with Crippen LogP contribution in [-0.4, -0.2) is 15.0 Å². The number of benzene rings is 9. The fourth-order valence-electron chi connectivity index (χ4n) is 8.71. The number of fused-ring (bicyclic) bond motifs is 6. The highest BCUT2D eigenvalue weighted by Gasteiger charge is 2.20. The van der Waals surface area contributed by atoms with E-state index in [0.29, 0.717) is 17.5 Å². The number of furan rings is 2. The van der Waals surface area contributed by atoms with Gasteiger partial charge >= 0.3 is 0 Å². The molecule has 0 atom stereocenters. The first-order valence-corrected chi connectivity index (χ1v) is 21.0. The molecule has 12 aromatic rings. The normalized spacial score (nSPS) is 11.5. The van der Waals surface area contributed by atoms with E-state index in [9.17, 15) is 0 Å².